The number of nitrogens with zero attached hydrogens (tertiary/aromatic N) is 6. The van der Waals surface area contributed by atoms with E-state index in [4.69, 9.17) is 9.72 Å². The second kappa shape index (κ2) is 9.14. The molecule has 3 heterocycles. The number of rotatable bonds is 6. The summed E-state index contributed by atoms with van der Waals surface area (Å²) in [6.07, 6.45) is -2.11. The second-order valence-electron chi connectivity index (χ2n) is 8.42. The zero-order chi connectivity index (χ0) is 25.4. The molecular weight excluding hydrogens is 471 g/mol. The van der Waals surface area contributed by atoms with E-state index in [1.165, 1.54) is 12.1 Å². The van der Waals surface area contributed by atoms with Gasteiger partial charge in [0.2, 0.25) is 5.95 Å². The maximum Gasteiger partial charge on any atom is 0.416 e. The van der Waals surface area contributed by atoms with Crippen LogP contribution in [0.4, 0.5) is 30.6 Å². The predicted molar refractivity (Wildman–Crippen MR) is 129 cm³/mol. The van der Waals surface area contributed by atoms with Gasteiger partial charge in [0.1, 0.15) is 17.3 Å². The van der Waals surface area contributed by atoms with E-state index in [0.717, 1.165) is 6.07 Å². The Morgan fingerprint density at radius 1 is 1.08 bits per heavy atom. The van der Waals surface area contributed by atoms with Crippen LogP contribution >= 0.6 is 0 Å². The standard InChI is InChI=1S/C25H24F3N7O/c1-4-19-23-33-32-15(2)35(23)20-13-29-24(30-18-10-5-6-11-21(18)36-3)31-22(20)34(19)14-16-8-7-9-17(12-16)25(26,27)28/h5-13,19H,4,14H2,1-3H3,(H,29,30,31). The SMILES string of the molecule is CCC1c2nnc(C)n2-c2cnc(Nc3ccccc3OC)nc2N1Cc1cccc(C(F)(F)F)c1. The summed E-state index contributed by atoms with van der Waals surface area (Å²) in [6, 6.07) is 12.5. The Morgan fingerprint density at radius 3 is 2.64 bits per heavy atom. The van der Waals surface area contributed by atoms with Crippen molar-refractivity contribution in [1.82, 2.24) is 24.7 Å². The smallest absolute Gasteiger partial charge is 0.416 e. The van der Waals surface area contributed by atoms with Crippen LogP contribution in [-0.4, -0.2) is 31.8 Å². The number of methoxy groups -OCH3 is 1. The summed E-state index contributed by atoms with van der Waals surface area (Å²) in [5.74, 6) is 2.90. The Morgan fingerprint density at radius 2 is 1.89 bits per heavy atom. The molecule has 1 aliphatic heterocycles. The van der Waals surface area contributed by atoms with Gasteiger partial charge in [0.05, 0.1) is 30.6 Å². The number of para-hydroxylation sites is 2. The van der Waals surface area contributed by atoms with Gasteiger partial charge in [-0.05, 0) is 43.2 Å². The molecule has 186 valence electrons. The van der Waals surface area contributed by atoms with E-state index in [2.05, 4.69) is 20.5 Å². The van der Waals surface area contributed by atoms with Crippen LogP contribution in [0.5, 0.6) is 5.75 Å². The van der Waals surface area contributed by atoms with Crippen LogP contribution in [0.25, 0.3) is 5.69 Å². The molecule has 1 atom stereocenters. The van der Waals surface area contributed by atoms with Crippen molar-refractivity contribution in [2.24, 2.45) is 0 Å². The van der Waals surface area contributed by atoms with Crippen molar-refractivity contribution >= 4 is 17.5 Å². The highest BCUT2D eigenvalue weighted by Crippen LogP contribution is 2.41. The minimum atomic E-state index is -4.43. The molecule has 2 aromatic carbocycles. The zero-order valence-corrected chi connectivity index (χ0v) is 19.9. The molecule has 1 unspecified atom stereocenters. The first-order chi connectivity index (χ1) is 17.3. The summed E-state index contributed by atoms with van der Waals surface area (Å²) in [5.41, 5.74) is 1.17. The van der Waals surface area contributed by atoms with Crippen molar-refractivity contribution in [2.45, 2.75) is 39.0 Å². The lowest BCUT2D eigenvalue weighted by Gasteiger charge is -2.37. The molecule has 11 heteroatoms. The molecule has 8 nitrogen and oxygen atoms in total. The van der Waals surface area contributed by atoms with Crippen LogP contribution in [0.2, 0.25) is 0 Å². The summed E-state index contributed by atoms with van der Waals surface area (Å²) in [5, 5.41) is 11.8. The third-order valence-electron chi connectivity index (χ3n) is 6.13. The number of anilines is 3. The summed E-state index contributed by atoms with van der Waals surface area (Å²) in [6.45, 7) is 4.04. The Labute approximate surface area is 205 Å². The third-order valence-corrected chi connectivity index (χ3v) is 6.13. The molecule has 0 radical (unpaired) electrons. The highest BCUT2D eigenvalue weighted by Gasteiger charge is 2.36. The summed E-state index contributed by atoms with van der Waals surface area (Å²) < 4.78 is 47.4. The van der Waals surface area contributed by atoms with Gasteiger partial charge in [-0.25, -0.2) is 4.98 Å². The van der Waals surface area contributed by atoms with Gasteiger partial charge < -0.3 is 15.0 Å². The molecule has 0 bridgehead atoms. The molecule has 0 spiro atoms. The maximum atomic E-state index is 13.4. The third kappa shape index (κ3) is 4.21. The van der Waals surface area contributed by atoms with E-state index in [1.807, 2.05) is 47.6 Å². The van der Waals surface area contributed by atoms with Crippen LogP contribution in [0.3, 0.4) is 0 Å². The number of fused-ring (bicyclic) bond motifs is 3. The normalized spacial score (nSPS) is 14.8. The van der Waals surface area contributed by atoms with Crippen LogP contribution in [0.15, 0.2) is 54.7 Å². The van der Waals surface area contributed by atoms with Crippen molar-refractivity contribution in [2.75, 3.05) is 17.3 Å². The molecule has 4 aromatic rings. The zero-order valence-electron chi connectivity index (χ0n) is 19.9. The average molecular weight is 496 g/mol. The van der Waals surface area contributed by atoms with E-state index in [1.54, 1.807) is 19.4 Å². The fourth-order valence-corrected chi connectivity index (χ4v) is 4.47. The topological polar surface area (TPSA) is 81.0 Å². The second-order valence-corrected chi connectivity index (χ2v) is 8.42. The minimum absolute atomic E-state index is 0.201. The first-order valence-corrected chi connectivity index (χ1v) is 11.4. The first-order valence-electron chi connectivity index (χ1n) is 11.4. The predicted octanol–water partition coefficient (Wildman–Crippen LogP) is 5.61. The van der Waals surface area contributed by atoms with Crippen molar-refractivity contribution in [1.29, 1.82) is 0 Å². The fraction of sp³-hybridized carbons (Fsp3) is 0.280. The molecule has 0 saturated heterocycles. The number of halogens is 3. The molecule has 1 aliphatic rings. The minimum Gasteiger partial charge on any atom is -0.495 e. The largest absolute Gasteiger partial charge is 0.495 e. The number of benzene rings is 2. The number of aryl methyl sites for hydroxylation is 1. The number of hydrogen-bond donors (Lipinski definition) is 1. The van der Waals surface area contributed by atoms with E-state index in [0.29, 0.717) is 52.5 Å². The van der Waals surface area contributed by atoms with E-state index in [9.17, 15) is 13.2 Å². The van der Waals surface area contributed by atoms with Gasteiger partial charge in [-0.3, -0.25) is 4.57 Å². The summed E-state index contributed by atoms with van der Waals surface area (Å²) >= 11 is 0. The van der Waals surface area contributed by atoms with Crippen molar-refractivity contribution < 1.29 is 17.9 Å². The molecule has 0 fully saturated rings. The van der Waals surface area contributed by atoms with Crippen LogP contribution in [-0.2, 0) is 12.7 Å². The number of nitrogens with one attached hydrogen (secondary N) is 1. The molecule has 2 aromatic heterocycles. The highest BCUT2D eigenvalue weighted by molar-refractivity contribution is 5.67. The Hall–Kier alpha value is -4.15. The van der Waals surface area contributed by atoms with Crippen molar-refractivity contribution in [3.8, 4) is 11.4 Å². The molecule has 0 saturated carbocycles. The first kappa shape index (κ1) is 23.6. The van der Waals surface area contributed by atoms with Crippen LogP contribution in [0.1, 0.15) is 42.2 Å². The lowest BCUT2D eigenvalue weighted by molar-refractivity contribution is -0.137. The van der Waals surface area contributed by atoms with E-state index < -0.39 is 11.7 Å². The van der Waals surface area contributed by atoms with E-state index in [-0.39, 0.29) is 12.6 Å². The summed E-state index contributed by atoms with van der Waals surface area (Å²) in [7, 11) is 1.58. The summed E-state index contributed by atoms with van der Waals surface area (Å²) in [4.78, 5) is 11.3. The van der Waals surface area contributed by atoms with Crippen LogP contribution < -0.4 is 15.0 Å². The quantitative estimate of drug-likeness (QED) is 0.373. The van der Waals surface area contributed by atoms with Crippen molar-refractivity contribution in [3.05, 3.63) is 77.5 Å². The van der Waals surface area contributed by atoms with Gasteiger partial charge in [0.25, 0.3) is 0 Å². The van der Waals surface area contributed by atoms with Gasteiger partial charge >= 0.3 is 6.18 Å². The lowest BCUT2D eigenvalue weighted by Crippen LogP contribution is -2.35. The molecule has 0 amide bonds. The monoisotopic (exact) mass is 495 g/mol. The number of alkyl halides is 3. The maximum absolute atomic E-state index is 13.4. The van der Waals surface area contributed by atoms with Gasteiger partial charge in [-0.2, -0.15) is 18.2 Å². The lowest BCUT2D eigenvalue weighted by atomic mass is 10.1. The Kier molecular flexibility index (Phi) is 5.99. The molecule has 36 heavy (non-hydrogen) atoms. The molecule has 1 N–H and O–H groups in total. The highest BCUT2D eigenvalue weighted by atomic mass is 19.4. The Bertz CT molecular complexity index is 1400. The Balaban J connectivity index is 1.60. The molecular formula is C25H24F3N7O. The van der Waals surface area contributed by atoms with Gasteiger partial charge in [0.15, 0.2) is 11.6 Å². The van der Waals surface area contributed by atoms with Gasteiger partial charge in [-0.1, -0.05) is 31.2 Å². The fourth-order valence-electron chi connectivity index (χ4n) is 4.47. The number of ether oxygens (including phenoxy) is 1. The van der Waals surface area contributed by atoms with Gasteiger partial charge in [-0.15, -0.1) is 10.2 Å². The van der Waals surface area contributed by atoms with Crippen molar-refractivity contribution in [3.63, 3.8) is 0 Å². The number of hydrogen-bond acceptors (Lipinski definition) is 7. The molecule has 5 rings (SSSR count). The average Bonchev–Trinajstić information content (AvgIpc) is 3.25. The number of aromatic nitrogens is 5. The molecule has 0 aliphatic carbocycles. The van der Waals surface area contributed by atoms with Crippen LogP contribution in [0, 0.1) is 6.92 Å². The van der Waals surface area contributed by atoms with Gasteiger partial charge in [0, 0.05) is 6.54 Å². The van der Waals surface area contributed by atoms with E-state index >= 15 is 0 Å².